The van der Waals surface area contributed by atoms with Crippen LogP contribution in [0.3, 0.4) is 0 Å². The van der Waals surface area contributed by atoms with Gasteiger partial charge >= 0.3 is 6.18 Å². The minimum atomic E-state index is -4.27. The van der Waals surface area contributed by atoms with Gasteiger partial charge in [-0.3, -0.25) is 0 Å². The van der Waals surface area contributed by atoms with Gasteiger partial charge in [0.2, 0.25) is 0 Å². The van der Waals surface area contributed by atoms with Crippen molar-refractivity contribution in [3.63, 3.8) is 0 Å². The Kier molecular flexibility index (Phi) is 3.52. The Balaban J connectivity index is 2.69. The van der Waals surface area contributed by atoms with Gasteiger partial charge in [0.25, 0.3) is 0 Å². The topological polar surface area (TPSA) is 9.23 Å². The van der Waals surface area contributed by atoms with Gasteiger partial charge in [-0.15, -0.1) is 0 Å². The highest BCUT2D eigenvalue weighted by Crippen LogP contribution is 2.29. The molecule has 1 radical (unpaired) electrons. The maximum absolute atomic E-state index is 12.1. The lowest BCUT2D eigenvalue weighted by Crippen LogP contribution is -2.04. The molecule has 0 N–H and O–H groups in total. The van der Waals surface area contributed by atoms with E-state index in [1.807, 2.05) is 0 Å². The van der Waals surface area contributed by atoms with E-state index in [0.717, 1.165) is 12.1 Å². The van der Waals surface area contributed by atoms with Gasteiger partial charge in [-0.25, -0.2) is 0 Å². The van der Waals surface area contributed by atoms with Crippen LogP contribution in [-0.4, -0.2) is 6.61 Å². The van der Waals surface area contributed by atoms with Crippen LogP contribution in [0.5, 0.6) is 0 Å². The molecule has 0 heterocycles. The second kappa shape index (κ2) is 4.46. The Hall–Kier alpha value is -1.03. The SMILES string of the molecule is [CH2]COCc1ccc(C(F)(F)F)cc1. The summed E-state index contributed by atoms with van der Waals surface area (Å²) in [4.78, 5) is 0. The van der Waals surface area contributed by atoms with Gasteiger partial charge in [0.15, 0.2) is 0 Å². The Morgan fingerprint density at radius 3 is 2.14 bits per heavy atom. The second-order valence-electron chi connectivity index (χ2n) is 2.75. The van der Waals surface area contributed by atoms with Crippen LogP contribution in [0.4, 0.5) is 13.2 Å². The zero-order chi connectivity index (χ0) is 10.6. The molecule has 0 amide bonds. The van der Waals surface area contributed by atoms with Crippen molar-refractivity contribution in [2.24, 2.45) is 0 Å². The van der Waals surface area contributed by atoms with E-state index in [1.54, 1.807) is 0 Å². The summed E-state index contributed by atoms with van der Waals surface area (Å²) < 4.78 is 41.3. The fourth-order valence-corrected chi connectivity index (χ4v) is 0.980. The third-order valence-corrected chi connectivity index (χ3v) is 1.69. The second-order valence-corrected chi connectivity index (χ2v) is 2.75. The van der Waals surface area contributed by atoms with Crippen LogP contribution in [0.1, 0.15) is 11.1 Å². The van der Waals surface area contributed by atoms with E-state index in [1.165, 1.54) is 12.1 Å². The highest BCUT2D eigenvalue weighted by molar-refractivity contribution is 5.24. The van der Waals surface area contributed by atoms with Crippen molar-refractivity contribution in [3.05, 3.63) is 42.3 Å². The van der Waals surface area contributed by atoms with Crippen LogP contribution in [0, 0.1) is 6.92 Å². The maximum Gasteiger partial charge on any atom is 0.416 e. The van der Waals surface area contributed by atoms with E-state index in [2.05, 4.69) is 6.92 Å². The number of benzene rings is 1. The van der Waals surface area contributed by atoms with Gasteiger partial charge in [0.1, 0.15) is 0 Å². The molecule has 1 aromatic rings. The molecule has 0 fully saturated rings. The third kappa shape index (κ3) is 3.03. The summed E-state index contributed by atoms with van der Waals surface area (Å²) in [6.07, 6.45) is -4.27. The van der Waals surface area contributed by atoms with Crippen molar-refractivity contribution < 1.29 is 17.9 Å². The van der Waals surface area contributed by atoms with E-state index in [0.29, 0.717) is 18.8 Å². The van der Waals surface area contributed by atoms with Crippen LogP contribution in [0.25, 0.3) is 0 Å². The third-order valence-electron chi connectivity index (χ3n) is 1.69. The molecule has 0 aliphatic carbocycles. The molecule has 0 spiro atoms. The van der Waals surface area contributed by atoms with Crippen LogP contribution >= 0.6 is 0 Å². The summed E-state index contributed by atoms with van der Waals surface area (Å²) in [5.41, 5.74) is 0.0672. The van der Waals surface area contributed by atoms with Crippen molar-refractivity contribution in [3.8, 4) is 0 Å². The van der Waals surface area contributed by atoms with Crippen molar-refractivity contribution in [1.29, 1.82) is 0 Å². The first kappa shape index (κ1) is 11.0. The molecule has 1 nitrogen and oxygen atoms in total. The number of halogens is 3. The largest absolute Gasteiger partial charge is 0.416 e. The molecule has 0 saturated carbocycles. The average Bonchev–Trinajstić information content (AvgIpc) is 2.14. The molecular formula is C10H10F3O. The van der Waals surface area contributed by atoms with Gasteiger partial charge in [-0.05, 0) is 24.6 Å². The fourth-order valence-electron chi connectivity index (χ4n) is 0.980. The highest BCUT2D eigenvalue weighted by Gasteiger charge is 2.29. The lowest BCUT2D eigenvalue weighted by Gasteiger charge is -2.07. The number of hydrogen-bond donors (Lipinski definition) is 0. The molecule has 0 atom stereocenters. The van der Waals surface area contributed by atoms with Gasteiger partial charge in [-0.1, -0.05) is 12.1 Å². The van der Waals surface area contributed by atoms with Gasteiger partial charge in [0.05, 0.1) is 12.2 Å². The average molecular weight is 203 g/mol. The molecule has 1 aromatic carbocycles. The molecule has 0 unspecified atom stereocenters. The number of hydrogen-bond acceptors (Lipinski definition) is 1. The Morgan fingerprint density at radius 1 is 1.14 bits per heavy atom. The predicted octanol–water partition coefficient (Wildman–Crippen LogP) is 3.06. The Bertz CT molecular complexity index is 276. The molecule has 0 aliphatic heterocycles. The Labute approximate surface area is 80.5 Å². The number of alkyl halides is 3. The van der Waals surface area contributed by atoms with E-state index < -0.39 is 11.7 Å². The summed E-state index contributed by atoms with van der Waals surface area (Å²) in [6, 6.07) is 4.89. The monoisotopic (exact) mass is 203 g/mol. The molecular weight excluding hydrogens is 193 g/mol. The van der Waals surface area contributed by atoms with Gasteiger partial charge in [0, 0.05) is 6.61 Å². The quantitative estimate of drug-likeness (QED) is 0.733. The van der Waals surface area contributed by atoms with Crippen LogP contribution in [-0.2, 0) is 17.5 Å². The molecule has 77 valence electrons. The minimum Gasteiger partial charge on any atom is -0.377 e. The van der Waals surface area contributed by atoms with Crippen molar-refractivity contribution in [1.82, 2.24) is 0 Å². The standard InChI is InChI=1S/C10H10F3O/c1-2-14-7-8-3-5-9(6-4-8)10(11,12)13/h3-6H,1-2,7H2. The lowest BCUT2D eigenvalue weighted by molar-refractivity contribution is -0.137. The minimum absolute atomic E-state index is 0.293. The number of rotatable bonds is 3. The first-order valence-corrected chi connectivity index (χ1v) is 4.07. The molecule has 14 heavy (non-hydrogen) atoms. The van der Waals surface area contributed by atoms with Crippen LogP contribution in [0.15, 0.2) is 24.3 Å². The summed E-state index contributed by atoms with van der Waals surface area (Å²) >= 11 is 0. The smallest absolute Gasteiger partial charge is 0.377 e. The van der Waals surface area contributed by atoms with E-state index in [9.17, 15) is 13.2 Å². The highest BCUT2D eigenvalue weighted by atomic mass is 19.4. The van der Waals surface area contributed by atoms with E-state index in [4.69, 9.17) is 4.74 Å². The molecule has 0 aromatic heterocycles. The van der Waals surface area contributed by atoms with E-state index in [-0.39, 0.29) is 0 Å². The molecule has 4 heteroatoms. The Morgan fingerprint density at radius 2 is 1.71 bits per heavy atom. The lowest BCUT2D eigenvalue weighted by atomic mass is 10.1. The van der Waals surface area contributed by atoms with Gasteiger partial charge in [-0.2, -0.15) is 13.2 Å². The zero-order valence-electron chi connectivity index (χ0n) is 7.47. The summed E-state index contributed by atoms with van der Waals surface area (Å²) in [6.45, 7) is 4.06. The summed E-state index contributed by atoms with van der Waals surface area (Å²) in [5, 5.41) is 0. The summed E-state index contributed by atoms with van der Waals surface area (Å²) in [5.74, 6) is 0. The maximum atomic E-state index is 12.1. The first-order chi connectivity index (χ1) is 6.54. The van der Waals surface area contributed by atoms with Crippen molar-refractivity contribution >= 4 is 0 Å². The van der Waals surface area contributed by atoms with Crippen molar-refractivity contribution in [2.75, 3.05) is 6.61 Å². The molecule has 0 bridgehead atoms. The molecule has 1 rings (SSSR count). The predicted molar refractivity (Wildman–Crippen MR) is 46.5 cm³/mol. The summed E-state index contributed by atoms with van der Waals surface area (Å²) in [7, 11) is 0. The van der Waals surface area contributed by atoms with E-state index >= 15 is 0 Å². The van der Waals surface area contributed by atoms with Crippen molar-refractivity contribution in [2.45, 2.75) is 12.8 Å². The first-order valence-electron chi connectivity index (χ1n) is 4.07. The fraction of sp³-hybridized carbons (Fsp3) is 0.300. The van der Waals surface area contributed by atoms with Crippen LogP contribution < -0.4 is 0 Å². The zero-order valence-corrected chi connectivity index (χ0v) is 7.47. The number of ether oxygens (including phenoxy) is 1. The normalized spacial score (nSPS) is 11.7. The van der Waals surface area contributed by atoms with Crippen LogP contribution in [0.2, 0.25) is 0 Å². The molecule has 0 saturated heterocycles. The molecule has 0 aliphatic rings. The van der Waals surface area contributed by atoms with Gasteiger partial charge < -0.3 is 4.74 Å².